The van der Waals surface area contributed by atoms with E-state index in [2.05, 4.69) is 20.3 Å². The molecule has 0 bridgehead atoms. The van der Waals surface area contributed by atoms with Gasteiger partial charge in [-0.05, 0) is 13.8 Å². The zero-order chi connectivity index (χ0) is 14.1. The van der Waals surface area contributed by atoms with E-state index in [1.54, 1.807) is 11.8 Å². The molecule has 0 N–H and O–H groups in total. The maximum Gasteiger partial charge on any atom is 0.247 e. The Hall–Kier alpha value is -2.50. The van der Waals surface area contributed by atoms with Gasteiger partial charge in [0.2, 0.25) is 5.88 Å². The number of fused-ring (bicyclic) bond motifs is 1. The fraction of sp³-hybridized carbons (Fsp3) is 0.286. The van der Waals surface area contributed by atoms with Crippen LogP contribution < -0.4 is 4.74 Å². The molecule has 0 amide bonds. The molecule has 0 radical (unpaired) electrons. The molecule has 0 aliphatic carbocycles. The Morgan fingerprint density at radius 2 is 1.85 bits per heavy atom. The van der Waals surface area contributed by atoms with E-state index in [1.165, 1.54) is 0 Å². The van der Waals surface area contributed by atoms with Crippen molar-refractivity contribution in [2.24, 2.45) is 0 Å². The quantitative estimate of drug-likeness (QED) is 0.730. The highest BCUT2D eigenvalue weighted by Gasteiger charge is 2.17. The molecule has 0 atom stereocenters. The van der Waals surface area contributed by atoms with E-state index in [1.807, 2.05) is 44.2 Å². The molecule has 2 aromatic heterocycles. The Morgan fingerprint density at radius 1 is 1.10 bits per heavy atom. The van der Waals surface area contributed by atoms with Crippen LogP contribution in [0.1, 0.15) is 19.9 Å². The molecule has 3 aromatic rings. The lowest BCUT2D eigenvalue weighted by atomic mass is 10.2. The number of nitrogens with zero attached hydrogens (tertiary/aromatic N) is 5. The smallest absolute Gasteiger partial charge is 0.247 e. The molecule has 0 saturated heterocycles. The van der Waals surface area contributed by atoms with E-state index >= 15 is 0 Å². The molecular weight excluding hydrogens is 254 g/mol. The van der Waals surface area contributed by atoms with Gasteiger partial charge < -0.3 is 4.74 Å². The van der Waals surface area contributed by atoms with Crippen molar-refractivity contribution < 1.29 is 4.74 Å². The summed E-state index contributed by atoms with van der Waals surface area (Å²) in [5.74, 6) is 1.06. The van der Waals surface area contributed by atoms with Gasteiger partial charge in [0, 0.05) is 5.56 Å². The zero-order valence-electron chi connectivity index (χ0n) is 11.6. The van der Waals surface area contributed by atoms with Gasteiger partial charge in [0.05, 0.1) is 13.2 Å². The van der Waals surface area contributed by atoms with Crippen molar-refractivity contribution in [3.8, 4) is 17.3 Å². The molecule has 0 aliphatic rings. The van der Waals surface area contributed by atoms with Crippen molar-refractivity contribution in [1.29, 1.82) is 0 Å². The second kappa shape index (κ2) is 4.88. The summed E-state index contributed by atoms with van der Waals surface area (Å²) in [5, 5.41) is 8.23. The van der Waals surface area contributed by atoms with Crippen LogP contribution in [0.5, 0.6) is 5.88 Å². The average molecular weight is 269 g/mol. The Kier molecular flexibility index (Phi) is 3.06. The van der Waals surface area contributed by atoms with Gasteiger partial charge in [-0.3, -0.25) is 0 Å². The van der Waals surface area contributed by atoms with Crippen LogP contribution in [-0.2, 0) is 0 Å². The van der Waals surface area contributed by atoms with Crippen molar-refractivity contribution >= 4 is 11.2 Å². The van der Waals surface area contributed by atoms with Crippen LogP contribution in [0.2, 0.25) is 0 Å². The van der Waals surface area contributed by atoms with Crippen molar-refractivity contribution in [1.82, 2.24) is 25.0 Å². The topological polar surface area (TPSA) is 65.7 Å². The maximum atomic E-state index is 5.32. The minimum atomic E-state index is 0.170. The van der Waals surface area contributed by atoms with Gasteiger partial charge in [-0.15, -0.1) is 5.10 Å². The highest BCUT2D eigenvalue weighted by atomic mass is 16.5. The van der Waals surface area contributed by atoms with Gasteiger partial charge in [-0.1, -0.05) is 35.5 Å². The van der Waals surface area contributed by atoms with Gasteiger partial charge >= 0.3 is 0 Å². The first kappa shape index (κ1) is 12.5. The predicted molar refractivity (Wildman–Crippen MR) is 75.5 cm³/mol. The van der Waals surface area contributed by atoms with Gasteiger partial charge in [-0.2, -0.15) is 4.98 Å². The van der Waals surface area contributed by atoms with Gasteiger partial charge in [0.15, 0.2) is 17.0 Å². The van der Waals surface area contributed by atoms with E-state index in [-0.39, 0.29) is 6.04 Å². The van der Waals surface area contributed by atoms with Crippen LogP contribution in [-0.4, -0.2) is 32.1 Å². The highest BCUT2D eigenvalue weighted by molar-refractivity contribution is 5.78. The molecule has 6 heteroatoms. The molecule has 20 heavy (non-hydrogen) atoms. The lowest BCUT2D eigenvalue weighted by Crippen LogP contribution is -2.05. The highest BCUT2D eigenvalue weighted by Crippen LogP contribution is 2.25. The number of methoxy groups -OCH3 is 1. The summed E-state index contributed by atoms with van der Waals surface area (Å²) in [6.07, 6.45) is 0. The molecule has 0 spiro atoms. The lowest BCUT2D eigenvalue weighted by molar-refractivity contribution is 0.402. The van der Waals surface area contributed by atoms with Crippen LogP contribution >= 0.6 is 0 Å². The summed E-state index contributed by atoms with van der Waals surface area (Å²) >= 11 is 0. The van der Waals surface area contributed by atoms with E-state index in [0.29, 0.717) is 22.9 Å². The first-order valence-corrected chi connectivity index (χ1v) is 6.43. The standard InChI is InChI=1S/C14H15N5O/c1-9(2)19-13-11(17-18-19)14(20-3)16-12(15-13)10-7-5-4-6-8-10/h4-9H,1-3H3. The first-order chi connectivity index (χ1) is 9.70. The zero-order valence-corrected chi connectivity index (χ0v) is 11.6. The number of ether oxygens (including phenoxy) is 1. The molecular formula is C14H15N5O. The third-order valence-electron chi connectivity index (χ3n) is 3.01. The number of hydrogen-bond acceptors (Lipinski definition) is 5. The Morgan fingerprint density at radius 3 is 2.50 bits per heavy atom. The second-order valence-electron chi connectivity index (χ2n) is 4.72. The SMILES string of the molecule is COc1nc(-c2ccccc2)nc2c1nnn2C(C)C. The van der Waals surface area contributed by atoms with Crippen LogP contribution in [0.4, 0.5) is 0 Å². The fourth-order valence-electron chi connectivity index (χ4n) is 2.01. The lowest BCUT2D eigenvalue weighted by Gasteiger charge is -2.07. The maximum absolute atomic E-state index is 5.32. The number of benzene rings is 1. The van der Waals surface area contributed by atoms with E-state index in [9.17, 15) is 0 Å². The Bertz CT molecular complexity index is 736. The summed E-state index contributed by atoms with van der Waals surface area (Å²) in [7, 11) is 1.57. The largest absolute Gasteiger partial charge is 0.479 e. The second-order valence-corrected chi connectivity index (χ2v) is 4.72. The van der Waals surface area contributed by atoms with Gasteiger partial charge in [-0.25, -0.2) is 9.67 Å². The summed E-state index contributed by atoms with van der Waals surface area (Å²) in [6, 6.07) is 9.96. The molecule has 0 saturated carbocycles. The molecule has 0 unspecified atom stereocenters. The molecule has 102 valence electrons. The number of rotatable bonds is 3. The van der Waals surface area contributed by atoms with Crippen molar-refractivity contribution in [2.75, 3.05) is 7.11 Å². The van der Waals surface area contributed by atoms with Crippen LogP contribution in [0.15, 0.2) is 30.3 Å². The third-order valence-corrected chi connectivity index (χ3v) is 3.01. The minimum absolute atomic E-state index is 0.170. The normalized spacial score (nSPS) is 11.2. The average Bonchev–Trinajstić information content (AvgIpc) is 2.91. The molecule has 1 aromatic carbocycles. The van der Waals surface area contributed by atoms with E-state index in [4.69, 9.17) is 4.74 Å². The predicted octanol–water partition coefficient (Wildman–Crippen LogP) is 2.48. The monoisotopic (exact) mass is 269 g/mol. The van der Waals surface area contributed by atoms with Crippen LogP contribution in [0.25, 0.3) is 22.6 Å². The Balaban J connectivity index is 2.27. The fourth-order valence-corrected chi connectivity index (χ4v) is 2.01. The molecule has 0 fully saturated rings. The molecule has 2 heterocycles. The van der Waals surface area contributed by atoms with Crippen molar-refractivity contribution in [2.45, 2.75) is 19.9 Å². The van der Waals surface area contributed by atoms with Crippen molar-refractivity contribution in [3.63, 3.8) is 0 Å². The van der Waals surface area contributed by atoms with E-state index in [0.717, 1.165) is 5.56 Å². The third kappa shape index (κ3) is 1.99. The summed E-state index contributed by atoms with van der Waals surface area (Å²) in [4.78, 5) is 9.00. The van der Waals surface area contributed by atoms with E-state index < -0.39 is 0 Å². The molecule has 6 nitrogen and oxygen atoms in total. The van der Waals surface area contributed by atoms with Crippen LogP contribution in [0, 0.1) is 0 Å². The molecule has 3 rings (SSSR count). The molecule has 0 aliphatic heterocycles. The van der Waals surface area contributed by atoms with Crippen LogP contribution in [0.3, 0.4) is 0 Å². The first-order valence-electron chi connectivity index (χ1n) is 6.43. The minimum Gasteiger partial charge on any atom is -0.479 e. The summed E-state index contributed by atoms with van der Waals surface area (Å²) < 4.78 is 7.09. The summed E-state index contributed by atoms with van der Waals surface area (Å²) in [5.41, 5.74) is 2.20. The number of hydrogen-bond donors (Lipinski definition) is 0. The number of aromatic nitrogens is 5. The van der Waals surface area contributed by atoms with Gasteiger partial charge in [0.25, 0.3) is 0 Å². The Labute approximate surface area is 116 Å². The van der Waals surface area contributed by atoms with Crippen molar-refractivity contribution in [3.05, 3.63) is 30.3 Å². The van der Waals surface area contributed by atoms with Gasteiger partial charge in [0.1, 0.15) is 0 Å². The summed E-state index contributed by atoms with van der Waals surface area (Å²) in [6.45, 7) is 4.07.